The Kier molecular flexibility index (Phi) is 7.64. The Labute approximate surface area is 210 Å². The maximum absolute atomic E-state index is 12.8. The summed E-state index contributed by atoms with van der Waals surface area (Å²) in [4.78, 5) is 9.17. The SMILES string of the molecule is CCSc1ccc(C(CO)c2nc3c(C)c(-c4ccccc4OCC(F)(F)F)c(Cl)cc3[nH]2)cc1. The van der Waals surface area contributed by atoms with Crippen molar-refractivity contribution < 1.29 is 23.0 Å². The molecule has 1 heterocycles. The summed E-state index contributed by atoms with van der Waals surface area (Å²) in [6, 6.07) is 16.2. The van der Waals surface area contributed by atoms with E-state index < -0.39 is 12.8 Å². The number of para-hydroxylation sites is 1. The number of fused-ring (bicyclic) bond motifs is 1. The quantitative estimate of drug-likeness (QED) is 0.238. The number of nitrogens with one attached hydrogen (secondary N) is 1. The molecule has 0 aliphatic heterocycles. The van der Waals surface area contributed by atoms with E-state index in [1.165, 1.54) is 6.07 Å². The number of aryl methyl sites for hydroxylation is 1. The molecule has 2 N–H and O–H groups in total. The highest BCUT2D eigenvalue weighted by atomic mass is 35.5. The van der Waals surface area contributed by atoms with Crippen molar-refractivity contribution in [1.29, 1.82) is 0 Å². The summed E-state index contributed by atoms with van der Waals surface area (Å²) in [5.74, 6) is 1.27. The molecule has 0 bridgehead atoms. The molecule has 4 rings (SSSR count). The zero-order valence-electron chi connectivity index (χ0n) is 19.1. The lowest BCUT2D eigenvalue weighted by Gasteiger charge is -2.16. The second-order valence-electron chi connectivity index (χ2n) is 8.01. The topological polar surface area (TPSA) is 58.1 Å². The summed E-state index contributed by atoms with van der Waals surface area (Å²) in [5, 5.41) is 10.5. The van der Waals surface area contributed by atoms with E-state index in [-0.39, 0.29) is 18.3 Å². The Hall–Kier alpha value is -2.68. The van der Waals surface area contributed by atoms with Crippen LogP contribution in [-0.4, -0.2) is 40.2 Å². The number of H-pyrrole nitrogens is 1. The van der Waals surface area contributed by atoms with Gasteiger partial charge in [0, 0.05) is 16.0 Å². The fourth-order valence-electron chi connectivity index (χ4n) is 4.06. The van der Waals surface area contributed by atoms with Gasteiger partial charge < -0.3 is 14.8 Å². The molecule has 4 nitrogen and oxygen atoms in total. The molecule has 0 saturated carbocycles. The summed E-state index contributed by atoms with van der Waals surface area (Å²) in [6.07, 6.45) is -4.46. The number of aromatic amines is 1. The van der Waals surface area contributed by atoms with Gasteiger partial charge in [-0.05, 0) is 48.1 Å². The zero-order valence-corrected chi connectivity index (χ0v) is 20.7. The number of hydrogen-bond donors (Lipinski definition) is 2. The van der Waals surface area contributed by atoms with E-state index in [0.717, 1.165) is 16.2 Å². The number of thioether (sulfide) groups is 1. The van der Waals surface area contributed by atoms with E-state index >= 15 is 0 Å². The van der Waals surface area contributed by atoms with E-state index in [2.05, 4.69) is 11.9 Å². The van der Waals surface area contributed by atoms with Crippen LogP contribution in [0.3, 0.4) is 0 Å². The fourth-order valence-corrected chi connectivity index (χ4v) is 5.07. The number of alkyl halides is 3. The zero-order chi connectivity index (χ0) is 25.2. The number of aliphatic hydroxyl groups excluding tert-OH is 1. The molecule has 0 fully saturated rings. The van der Waals surface area contributed by atoms with Gasteiger partial charge in [0.05, 0.1) is 28.6 Å². The largest absolute Gasteiger partial charge is 0.483 e. The predicted molar refractivity (Wildman–Crippen MR) is 135 cm³/mol. The molecule has 0 aliphatic carbocycles. The van der Waals surface area contributed by atoms with Crippen molar-refractivity contribution in [1.82, 2.24) is 9.97 Å². The maximum atomic E-state index is 12.8. The van der Waals surface area contributed by atoms with Crippen molar-refractivity contribution in [3.05, 3.63) is 76.6 Å². The summed E-state index contributed by atoms with van der Waals surface area (Å²) < 4.78 is 43.4. The van der Waals surface area contributed by atoms with Crippen molar-refractivity contribution >= 4 is 34.4 Å². The van der Waals surface area contributed by atoms with Crippen LogP contribution < -0.4 is 4.74 Å². The van der Waals surface area contributed by atoms with E-state index in [1.807, 2.05) is 31.2 Å². The first kappa shape index (κ1) is 25.4. The molecule has 0 amide bonds. The fraction of sp³-hybridized carbons (Fsp3) is 0.269. The van der Waals surface area contributed by atoms with Gasteiger partial charge in [-0.25, -0.2) is 4.98 Å². The van der Waals surface area contributed by atoms with Gasteiger partial charge in [-0.15, -0.1) is 11.8 Å². The molecule has 9 heteroatoms. The van der Waals surface area contributed by atoms with E-state index in [0.29, 0.717) is 38.6 Å². The molecule has 1 unspecified atom stereocenters. The molecular formula is C26H24ClF3N2O2S. The van der Waals surface area contributed by atoms with Gasteiger partial charge in [-0.3, -0.25) is 0 Å². The number of aliphatic hydroxyl groups is 1. The van der Waals surface area contributed by atoms with Crippen LogP contribution in [-0.2, 0) is 0 Å². The molecule has 3 aromatic carbocycles. The van der Waals surface area contributed by atoms with Crippen LogP contribution >= 0.6 is 23.4 Å². The van der Waals surface area contributed by atoms with Crippen molar-refractivity contribution in [2.24, 2.45) is 0 Å². The second-order valence-corrected chi connectivity index (χ2v) is 9.76. The number of ether oxygens (including phenoxy) is 1. The Balaban J connectivity index is 1.75. The molecule has 4 aromatic rings. The number of halogens is 4. The average molecular weight is 521 g/mol. The molecule has 184 valence electrons. The normalized spacial score (nSPS) is 12.8. The molecule has 35 heavy (non-hydrogen) atoms. The first-order valence-electron chi connectivity index (χ1n) is 11.0. The summed E-state index contributed by atoms with van der Waals surface area (Å²) in [6.45, 7) is 2.36. The standard InChI is InChI=1S/C26H24ClF3N2O2S/c1-3-35-17-10-8-16(9-11-17)19(13-33)25-31-21-12-20(27)23(15(2)24(21)32-25)18-6-4-5-7-22(18)34-14-26(28,29)30/h4-12,19,33H,3,13-14H2,1-2H3,(H,31,32). The Morgan fingerprint density at radius 3 is 2.51 bits per heavy atom. The van der Waals surface area contributed by atoms with Crippen molar-refractivity contribution in [2.75, 3.05) is 19.0 Å². The van der Waals surface area contributed by atoms with Gasteiger partial charge in [0.25, 0.3) is 0 Å². The Morgan fingerprint density at radius 2 is 1.86 bits per heavy atom. The second kappa shape index (κ2) is 10.5. The van der Waals surface area contributed by atoms with Gasteiger partial charge in [-0.1, -0.05) is 48.9 Å². The van der Waals surface area contributed by atoms with Crippen molar-refractivity contribution in [3.8, 4) is 16.9 Å². The maximum Gasteiger partial charge on any atom is 0.422 e. The van der Waals surface area contributed by atoms with Crippen LogP contribution in [0.5, 0.6) is 5.75 Å². The summed E-state index contributed by atoms with van der Waals surface area (Å²) >= 11 is 8.35. The van der Waals surface area contributed by atoms with Gasteiger partial charge in [0.1, 0.15) is 11.6 Å². The molecule has 0 radical (unpaired) electrons. The minimum atomic E-state index is -4.46. The Morgan fingerprint density at radius 1 is 1.14 bits per heavy atom. The van der Waals surface area contributed by atoms with E-state index in [9.17, 15) is 18.3 Å². The number of nitrogens with zero attached hydrogens (tertiary/aromatic N) is 1. The molecule has 0 spiro atoms. The smallest absolute Gasteiger partial charge is 0.422 e. The lowest BCUT2D eigenvalue weighted by molar-refractivity contribution is -0.153. The van der Waals surface area contributed by atoms with Gasteiger partial charge in [0.2, 0.25) is 0 Å². The van der Waals surface area contributed by atoms with Crippen LogP contribution in [0.2, 0.25) is 5.02 Å². The highest BCUT2D eigenvalue weighted by Gasteiger charge is 2.29. The van der Waals surface area contributed by atoms with Crippen molar-refractivity contribution in [2.45, 2.75) is 30.8 Å². The minimum absolute atomic E-state index is 0.0863. The third kappa shape index (κ3) is 5.60. The van der Waals surface area contributed by atoms with Crippen LogP contribution in [0.1, 0.15) is 29.8 Å². The van der Waals surface area contributed by atoms with Crippen LogP contribution in [0, 0.1) is 6.92 Å². The lowest BCUT2D eigenvalue weighted by atomic mass is 9.98. The number of hydrogen-bond acceptors (Lipinski definition) is 4. The average Bonchev–Trinajstić information content (AvgIpc) is 3.23. The molecule has 1 atom stereocenters. The minimum Gasteiger partial charge on any atom is -0.483 e. The first-order valence-corrected chi connectivity index (χ1v) is 12.4. The predicted octanol–water partition coefficient (Wildman–Crippen LogP) is 7.37. The number of benzene rings is 3. The number of rotatable bonds is 8. The summed E-state index contributed by atoms with van der Waals surface area (Å²) in [7, 11) is 0. The van der Waals surface area contributed by atoms with Gasteiger partial charge in [-0.2, -0.15) is 13.2 Å². The molecule has 1 aromatic heterocycles. The third-order valence-corrected chi connectivity index (χ3v) is 6.84. The van der Waals surface area contributed by atoms with Crippen LogP contribution in [0.15, 0.2) is 59.5 Å². The van der Waals surface area contributed by atoms with Gasteiger partial charge in [0.15, 0.2) is 6.61 Å². The van der Waals surface area contributed by atoms with Crippen LogP contribution in [0.25, 0.3) is 22.2 Å². The summed E-state index contributed by atoms with van der Waals surface area (Å²) in [5.41, 5.74) is 3.93. The molecule has 0 aliphatic rings. The Bertz CT molecular complexity index is 1320. The number of aromatic nitrogens is 2. The lowest BCUT2D eigenvalue weighted by Crippen LogP contribution is -2.19. The first-order chi connectivity index (χ1) is 16.7. The molecular weight excluding hydrogens is 497 g/mol. The van der Waals surface area contributed by atoms with Crippen molar-refractivity contribution in [3.63, 3.8) is 0 Å². The van der Waals surface area contributed by atoms with E-state index in [4.69, 9.17) is 21.3 Å². The highest BCUT2D eigenvalue weighted by Crippen LogP contribution is 2.41. The highest BCUT2D eigenvalue weighted by molar-refractivity contribution is 7.99. The van der Waals surface area contributed by atoms with Crippen LogP contribution in [0.4, 0.5) is 13.2 Å². The third-order valence-electron chi connectivity index (χ3n) is 5.64. The van der Waals surface area contributed by atoms with E-state index in [1.54, 1.807) is 36.0 Å². The number of imidazole rings is 1. The monoisotopic (exact) mass is 520 g/mol. The van der Waals surface area contributed by atoms with Gasteiger partial charge >= 0.3 is 6.18 Å². The molecule has 0 saturated heterocycles.